The van der Waals surface area contributed by atoms with Crippen LogP contribution in [-0.2, 0) is 0 Å². The maximum atomic E-state index is 4.75. The highest BCUT2D eigenvalue weighted by molar-refractivity contribution is 5.89. The smallest absolute Gasteiger partial charge is 0.158 e. The lowest BCUT2D eigenvalue weighted by Crippen LogP contribution is -2.42. The van der Waals surface area contributed by atoms with Crippen LogP contribution in [0.4, 0.5) is 22.9 Å². The van der Waals surface area contributed by atoms with Crippen molar-refractivity contribution < 1.29 is 0 Å². The first-order valence-corrected chi connectivity index (χ1v) is 8.72. The summed E-state index contributed by atoms with van der Waals surface area (Å²) in [5.74, 6) is 1.96. The minimum absolute atomic E-state index is 0.222. The Balaban J connectivity index is 1.64. The number of pyridine rings is 1. The molecule has 1 aromatic heterocycles. The highest BCUT2D eigenvalue weighted by Crippen LogP contribution is 2.66. The van der Waals surface area contributed by atoms with Crippen molar-refractivity contribution in [1.82, 2.24) is 4.98 Å². The number of benzene rings is 2. The van der Waals surface area contributed by atoms with Crippen LogP contribution in [0.1, 0.15) is 11.5 Å². The first kappa shape index (κ1) is 13.2. The molecule has 0 N–H and O–H groups in total. The fraction of sp³-hybridized carbons (Fsp3) is 0.136. The molecule has 3 heterocycles. The van der Waals surface area contributed by atoms with Gasteiger partial charge < -0.3 is 9.80 Å². The van der Waals surface area contributed by atoms with Crippen molar-refractivity contribution in [2.45, 2.75) is 12.1 Å². The van der Waals surface area contributed by atoms with Gasteiger partial charge in [-0.05, 0) is 35.9 Å². The van der Waals surface area contributed by atoms with Gasteiger partial charge in [0.2, 0.25) is 0 Å². The monoisotopic (exact) mass is 323 g/mol. The van der Waals surface area contributed by atoms with E-state index in [9.17, 15) is 0 Å². The molecule has 120 valence electrons. The lowest BCUT2D eigenvalue weighted by Gasteiger charge is -2.36. The number of fused-ring (bicyclic) bond motifs is 8. The van der Waals surface area contributed by atoms with Gasteiger partial charge in [-0.15, -0.1) is 0 Å². The SMILES string of the molecule is C=C1C2c3ccccc3N3c4ncccc4N(c4ccccc4)C3C12. The summed E-state index contributed by atoms with van der Waals surface area (Å²) in [5, 5.41) is 0. The number of hydrogen-bond donors (Lipinski definition) is 0. The van der Waals surface area contributed by atoms with Crippen LogP contribution < -0.4 is 9.80 Å². The zero-order valence-corrected chi connectivity index (χ0v) is 13.7. The second-order valence-electron chi connectivity index (χ2n) is 6.97. The number of para-hydroxylation sites is 2. The molecule has 6 rings (SSSR count). The van der Waals surface area contributed by atoms with Crippen LogP contribution in [-0.4, -0.2) is 11.1 Å². The average Bonchev–Trinajstić information content (AvgIpc) is 3.22. The molecule has 3 aliphatic rings. The van der Waals surface area contributed by atoms with E-state index in [2.05, 4.69) is 77.0 Å². The van der Waals surface area contributed by atoms with Gasteiger partial charge in [-0.1, -0.05) is 48.6 Å². The van der Waals surface area contributed by atoms with Gasteiger partial charge in [0, 0.05) is 29.4 Å². The first-order valence-electron chi connectivity index (χ1n) is 8.72. The van der Waals surface area contributed by atoms with Crippen molar-refractivity contribution >= 4 is 22.9 Å². The van der Waals surface area contributed by atoms with Crippen molar-refractivity contribution in [2.24, 2.45) is 5.92 Å². The summed E-state index contributed by atoms with van der Waals surface area (Å²) in [6.07, 6.45) is 2.11. The van der Waals surface area contributed by atoms with Gasteiger partial charge in [-0.2, -0.15) is 0 Å². The molecule has 0 spiro atoms. The van der Waals surface area contributed by atoms with E-state index in [0.717, 1.165) is 5.82 Å². The van der Waals surface area contributed by atoms with Gasteiger partial charge in [0.05, 0.1) is 5.69 Å². The second kappa shape index (κ2) is 4.51. The minimum Gasteiger partial charge on any atom is -0.316 e. The molecular formula is C22H17N3. The van der Waals surface area contributed by atoms with Crippen LogP contribution in [0.25, 0.3) is 0 Å². The van der Waals surface area contributed by atoms with Crippen molar-refractivity contribution in [3.05, 3.63) is 90.6 Å². The Morgan fingerprint density at radius 3 is 2.44 bits per heavy atom. The predicted octanol–water partition coefficient (Wildman–Crippen LogP) is 4.98. The highest BCUT2D eigenvalue weighted by Gasteiger charge is 2.60. The van der Waals surface area contributed by atoms with Crippen LogP contribution in [0, 0.1) is 5.92 Å². The molecule has 0 bridgehead atoms. The van der Waals surface area contributed by atoms with Gasteiger partial charge in [0.15, 0.2) is 5.82 Å². The molecule has 0 radical (unpaired) electrons. The third-order valence-electron chi connectivity index (χ3n) is 5.75. The lowest BCUT2D eigenvalue weighted by molar-refractivity contribution is 0.585. The first-order chi connectivity index (χ1) is 12.4. The highest BCUT2D eigenvalue weighted by atomic mass is 15.5. The normalized spacial score (nSPS) is 25.1. The van der Waals surface area contributed by atoms with E-state index in [4.69, 9.17) is 4.98 Å². The summed E-state index contributed by atoms with van der Waals surface area (Å²) < 4.78 is 0. The molecule has 0 amide bonds. The van der Waals surface area contributed by atoms with Crippen molar-refractivity contribution in [3.63, 3.8) is 0 Å². The fourth-order valence-electron chi connectivity index (χ4n) is 4.67. The molecule has 3 heteroatoms. The molecule has 1 fully saturated rings. The summed E-state index contributed by atoms with van der Waals surface area (Å²) in [5.41, 5.74) is 6.38. The average molecular weight is 323 g/mol. The van der Waals surface area contributed by atoms with Crippen LogP contribution in [0.15, 0.2) is 85.1 Å². The summed E-state index contributed by atoms with van der Waals surface area (Å²) in [4.78, 5) is 9.60. The van der Waals surface area contributed by atoms with Crippen molar-refractivity contribution in [3.8, 4) is 0 Å². The van der Waals surface area contributed by atoms with E-state index in [1.165, 1.54) is 28.2 Å². The molecule has 3 atom stereocenters. The van der Waals surface area contributed by atoms with E-state index >= 15 is 0 Å². The van der Waals surface area contributed by atoms with Crippen molar-refractivity contribution in [2.75, 3.05) is 9.80 Å². The van der Waals surface area contributed by atoms with Crippen molar-refractivity contribution in [1.29, 1.82) is 0 Å². The topological polar surface area (TPSA) is 19.4 Å². The molecular weight excluding hydrogens is 306 g/mol. The van der Waals surface area contributed by atoms with Gasteiger partial charge in [-0.3, -0.25) is 0 Å². The van der Waals surface area contributed by atoms with E-state index in [1.54, 1.807) is 0 Å². The molecule has 3 nitrogen and oxygen atoms in total. The van der Waals surface area contributed by atoms with Gasteiger partial charge >= 0.3 is 0 Å². The van der Waals surface area contributed by atoms with Crippen LogP contribution >= 0.6 is 0 Å². The Morgan fingerprint density at radius 2 is 1.56 bits per heavy atom. The third-order valence-corrected chi connectivity index (χ3v) is 5.75. The Labute approximate surface area is 146 Å². The number of nitrogens with zero attached hydrogens (tertiary/aromatic N) is 3. The fourth-order valence-corrected chi connectivity index (χ4v) is 4.67. The number of aromatic nitrogens is 1. The molecule has 1 saturated carbocycles. The largest absolute Gasteiger partial charge is 0.316 e. The summed E-state index contributed by atoms with van der Waals surface area (Å²) in [7, 11) is 0. The maximum absolute atomic E-state index is 4.75. The minimum atomic E-state index is 0.222. The van der Waals surface area contributed by atoms with Crippen LogP contribution in [0.3, 0.4) is 0 Å². The zero-order chi connectivity index (χ0) is 16.5. The quantitative estimate of drug-likeness (QED) is 0.589. The standard InChI is InChI=1S/C22H17N3/c1-14-19-16-10-5-6-11-17(16)25-21-18(12-7-13-23-21)24(22(25)20(14)19)15-8-3-2-4-9-15/h2-13,19-20,22H,1H2. The molecule has 3 aromatic rings. The molecule has 1 aliphatic carbocycles. The van der Waals surface area contributed by atoms with Gasteiger partial charge in [0.25, 0.3) is 0 Å². The molecule has 2 aliphatic heterocycles. The Kier molecular flexibility index (Phi) is 2.39. The van der Waals surface area contributed by atoms with Crippen LogP contribution in [0.5, 0.6) is 0 Å². The second-order valence-corrected chi connectivity index (χ2v) is 6.97. The number of rotatable bonds is 1. The molecule has 25 heavy (non-hydrogen) atoms. The lowest BCUT2D eigenvalue weighted by atomic mass is 9.99. The predicted molar refractivity (Wildman–Crippen MR) is 101 cm³/mol. The summed E-state index contributed by atoms with van der Waals surface area (Å²) in [6.45, 7) is 4.39. The molecule has 0 saturated heterocycles. The zero-order valence-electron chi connectivity index (χ0n) is 13.7. The molecule has 3 unspecified atom stereocenters. The van der Waals surface area contributed by atoms with Gasteiger partial charge in [-0.25, -0.2) is 4.98 Å². The Bertz CT molecular complexity index is 1010. The summed E-state index contributed by atoms with van der Waals surface area (Å²) in [6, 6.07) is 23.6. The molecule has 2 aromatic carbocycles. The Hall–Kier alpha value is -3.07. The maximum Gasteiger partial charge on any atom is 0.158 e. The third kappa shape index (κ3) is 1.58. The number of anilines is 4. The van der Waals surface area contributed by atoms with E-state index in [-0.39, 0.29) is 6.17 Å². The van der Waals surface area contributed by atoms with E-state index in [1.807, 2.05) is 12.3 Å². The van der Waals surface area contributed by atoms with E-state index in [0.29, 0.717) is 11.8 Å². The van der Waals surface area contributed by atoms with E-state index < -0.39 is 0 Å². The van der Waals surface area contributed by atoms with Crippen LogP contribution in [0.2, 0.25) is 0 Å². The Morgan fingerprint density at radius 1 is 0.800 bits per heavy atom. The summed E-state index contributed by atoms with van der Waals surface area (Å²) >= 11 is 0. The number of hydrogen-bond acceptors (Lipinski definition) is 3. The van der Waals surface area contributed by atoms with Gasteiger partial charge in [0.1, 0.15) is 6.17 Å².